The molecule has 2 unspecified atom stereocenters. The molecule has 104 valence electrons. The summed E-state index contributed by atoms with van der Waals surface area (Å²) in [7, 11) is 0. The summed E-state index contributed by atoms with van der Waals surface area (Å²) in [5.41, 5.74) is 6.91. The van der Waals surface area contributed by atoms with E-state index in [1.165, 1.54) is 0 Å². The zero-order valence-electron chi connectivity index (χ0n) is 10.7. The number of nitrogen functional groups attached to an aromatic ring is 1. The Bertz CT molecular complexity index is 465. The summed E-state index contributed by atoms with van der Waals surface area (Å²) in [6.45, 7) is 0.847. The molecule has 0 aromatic heterocycles. The molecular weight excluding hydrogens is 308 g/mol. The van der Waals surface area contributed by atoms with Gasteiger partial charge < -0.3 is 16.2 Å². The molecule has 0 heterocycles. The summed E-state index contributed by atoms with van der Waals surface area (Å²) in [5, 5.41) is 12.2. The highest BCUT2D eigenvalue weighted by Crippen LogP contribution is 2.30. The number of halogens is 1. The van der Waals surface area contributed by atoms with E-state index in [4.69, 9.17) is 5.73 Å². The second-order valence-corrected chi connectivity index (χ2v) is 5.93. The highest BCUT2D eigenvalue weighted by molar-refractivity contribution is 9.10. The maximum absolute atomic E-state index is 12.0. The first kappa shape index (κ1) is 14.3. The van der Waals surface area contributed by atoms with E-state index in [0.29, 0.717) is 29.6 Å². The Kier molecular flexibility index (Phi) is 4.82. The fraction of sp³-hybridized carbons (Fsp3) is 0.500. The lowest BCUT2D eigenvalue weighted by Gasteiger charge is -2.17. The predicted octanol–water partition coefficient (Wildman–Crippen LogP) is 2.17. The molecule has 1 aromatic rings. The zero-order chi connectivity index (χ0) is 13.8. The van der Waals surface area contributed by atoms with Gasteiger partial charge in [0.05, 0.1) is 0 Å². The van der Waals surface area contributed by atoms with Gasteiger partial charge in [-0.2, -0.15) is 0 Å². The lowest BCUT2D eigenvalue weighted by molar-refractivity contribution is 0.0937. The molecule has 5 heteroatoms. The Morgan fingerprint density at radius 2 is 2.16 bits per heavy atom. The van der Waals surface area contributed by atoms with Crippen LogP contribution in [0.1, 0.15) is 29.6 Å². The lowest BCUT2D eigenvalue weighted by Crippen LogP contribution is -2.31. The van der Waals surface area contributed by atoms with Crippen LogP contribution in [0.3, 0.4) is 0 Å². The van der Waals surface area contributed by atoms with Crippen molar-refractivity contribution in [3.63, 3.8) is 0 Å². The van der Waals surface area contributed by atoms with E-state index < -0.39 is 0 Å². The minimum atomic E-state index is -0.0933. The number of aliphatic hydroxyl groups excluding tert-OH is 1. The van der Waals surface area contributed by atoms with E-state index in [0.717, 1.165) is 23.7 Å². The first-order valence-corrected chi connectivity index (χ1v) is 7.35. The quantitative estimate of drug-likeness (QED) is 0.742. The van der Waals surface area contributed by atoms with Crippen molar-refractivity contribution < 1.29 is 9.90 Å². The molecule has 1 fully saturated rings. The zero-order valence-corrected chi connectivity index (χ0v) is 12.3. The summed E-state index contributed by atoms with van der Waals surface area (Å²) >= 11 is 3.31. The summed E-state index contributed by atoms with van der Waals surface area (Å²) in [5.74, 6) is 0.633. The van der Waals surface area contributed by atoms with E-state index in [2.05, 4.69) is 21.2 Å². The van der Waals surface area contributed by atoms with Gasteiger partial charge in [-0.15, -0.1) is 0 Å². The average Bonchev–Trinajstić information content (AvgIpc) is 2.86. The van der Waals surface area contributed by atoms with Gasteiger partial charge in [0.15, 0.2) is 0 Å². The van der Waals surface area contributed by atoms with Crippen molar-refractivity contribution in [2.45, 2.75) is 19.3 Å². The Hall–Kier alpha value is -1.07. The first-order valence-electron chi connectivity index (χ1n) is 6.56. The van der Waals surface area contributed by atoms with Crippen LogP contribution in [-0.4, -0.2) is 24.2 Å². The van der Waals surface area contributed by atoms with Crippen LogP contribution < -0.4 is 11.1 Å². The highest BCUT2D eigenvalue weighted by Gasteiger charge is 2.26. The van der Waals surface area contributed by atoms with Crippen molar-refractivity contribution in [1.29, 1.82) is 0 Å². The van der Waals surface area contributed by atoms with Gasteiger partial charge >= 0.3 is 0 Å². The third kappa shape index (κ3) is 3.48. The van der Waals surface area contributed by atoms with Gasteiger partial charge in [0.2, 0.25) is 0 Å². The number of carbonyl (C=O) groups excluding carboxylic acids is 1. The van der Waals surface area contributed by atoms with E-state index in [-0.39, 0.29) is 12.5 Å². The van der Waals surface area contributed by atoms with Gasteiger partial charge in [-0.3, -0.25) is 4.79 Å². The van der Waals surface area contributed by atoms with Crippen LogP contribution in [0.4, 0.5) is 5.69 Å². The number of amides is 1. The standard InChI is InChI=1S/C14H19BrN2O2/c15-12-6-9(4-5-13(12)16)14(19)17-7-10-2-1-3-11(10)8-18/h4-6,10-11,18H,1-3,7-8,16H2,(H,17,19). The molecule has 0 radical (unpaired) electrons. The molecule has 0 bridgehead atoms. The summed E-state index contributed by atoms with van der Waals surface area (Å²) < 4.78 is 0.731. The molecule has 0 spiro atoms. The molecular formula is C14H19BrN2O2. The van der Waals surface area contributed by atoms with Gasteiger partial charge in [0, 0.05) is 28.9 Å². The second-order valence-electron chi connectivity index (χ2n) is 5.08. The molecule has 4 N–H and O–H groups in total. The van der Waals surface area contributed by atoms with Crippen molar-refractivity contribution in [1.82, 2.24) is 5.32 Å². The lowest BCUT2D eigenvalue weighted by atomic mass is 9.97. The van der Waals surface area contributed by atoms with E-state index in [9.17, 15) is 9.90 Å². The summed E-state index contributed by atoms with van der Waals surface area (Å²) in [4.78, 5) is 12.0. The number of nitrogens with one attached hydrogen (secondary N) is 1. The van der Waals surface area contributed by atoms with E-state index in [1.54, 1.807) is 18.2 Å². The molecule has 0 saturated heterocycles. The number of anilines is 1. The Morgan fingerprint density at radius 1 is 1.42 bits per heavy atom. The molecule has 4 nitrogen and oxygen atoms in total. The third-order valence-corrected chi connectivity index (χ3v) is 4.53. The van der Waals surface area contributed by atoms with Crippen LogP contribution in [-0.2, 0) is 0 Å². The molecule has 1 saturated carbocycles. The highest BCUT2D eigenvalue weighted by atomic mass is 79.9. The molecule has 2 rings (SSSR count). The molecule has 0 aliphatic heterocycles. The van der Waals surface area contributed by atoms with Crippen LogP contribution in [0.5, 0.6) is 0 Å². The number of carbonyl (C=O) groups is 1. The fourth-order valence-electron chi connectivity index (χ4n) is 2.62. The Balaban J connectivity index is 1.92. The van der Waals surface area contributed by atoms with Crippen LogP contribution >= 0.6 is 15.9 Å². The van der Waals surface area contributed by atoms with Crippen molar-refractivity contribution in [3.05, 3.63) is 28.2 Å². The SMILES string of the molecule is Nc1ccc(C(=O)NCC2CCCC2CO)cc1Br. The van der Waals surface area contributed by atoms with Crippen LogP contribution in [0.2, 0.25) is 0 Å². The van der Waals surface area contributed by atoms with Gasteiger partial charge in [0.1, 0.15) is 0 Å². The van der Waals surface area contributed by atoms with Crippen molar-refractivity contribution in [2.24, 2.45) is 11.8 Å². The maximum atomic E-state index is 12.0. The summed E-state index contributed by atoms with van der Waals surface area (Å²) in [6.07, 6.45) is 3.28. The molecule has 1 aromatic carbocycles. The Morgan fingerprint density at radius 3 is 2.84 bits per heavy atom. The second kappa shape index (κ2) is 6.39. The smallest absolute Gasteiger partial charge is 0.251 e. The third-order valence-electron chi connectivity index (χ3n) is 3.84. The molecule has 2 atom stereocenters. The Labute approximate surface area is 121 Å². The van der Waals surface area contributed by atoms with Crippen LogP contribution in [0.15, 0.2) is 22.7 Å². The number of rotatable bonds is 4. The molecule has 1 amide bonds. The molecule has 1 aliphatic carbocycles. The maximum Gasteiger partial charge on any atom is 0.251 e. The van der Waals surface area contributed by atoms with Crippen LogP contribution in [0.25, 0.3) is 0 Å². The monoisotopic (exact) mass is 326 g/mol. The number of nitrogens with two attached hydrogens (primary N) is 1. The van der Waals surface area contributed by atoms with Gasteiger partial charge in [-0.25, -0.2) is 0 Å². The number of aliphatic hydroxyl groups is 1. The number of hydrogen-bond acceptors (Lipinski definition) is 3. The molecule has 1 aliphatic rings. The van der Waals surface area contributed by atoms with Gasteiger partial charge in [0.25, 0.3) is 5.91 Å². The minimum Gasteiger partial charge on any atom is -0.398 e. The van der Waals surface area contributed by atoms with Crippen molar-refractivity contribution in [3.8, 4) is 0 Å². The predicted molar refractivity (Wildman–Crippen MR) is 78.8 cm³/mol. The number of hydrogen-bond donors (Lipinski definition) is 3. The minimum absolute atomic E-state index is 0.0933. The normalized spacial score (nSPS) is 22.4. The summed E-state index contributed by atoms with van der Waals surface area (Å²) in [6, 6.07) is 5.15. The topological polar surface area (TPSA) is 75.4 Å². The molecule has 19 heavy (non-hydrogen) atoms. The van der Waals surface area contributed by atoms with Crippen LogP contribution in [0, 0.1) is 11.8 Å². The van der Waals surface area contributed by atoms with Crippen molar-refractivity contribution in [2.75, 3.05) is 18.9 Å². The van der Waals surface area contributed by atoms with Crippen molar-refractivity contribution >= 4 is 27.5 Å². The average molecular weight is 327 g/mol. The first-order chi connectivity index (χ1) is 9.11. The largest absolute Gasteiger partial charge is 0.398 e. The number of benzene rings is 1. The van der Waals surface area contributed by atoms with E-state index in [1.807, 2.05) is 0 Å². The van der Waals surface area contributed by atoms with Gasteiger partial charge in [-0.1, -0.05) is 6.42 Å². The van der Waals surface area contributed by atoms with Gasteiger partial charge in [-0.05, 0) is 58.8 Å². The van der Waals surface area contributed by atoms with E-state index >= 15 is 0 Å². The fourth-order valence-corrected chi connectivity index (χ4v) is 3.00.